The molecule has 0 saturated heterocycles. The highest BCUT2D eigenvalue weighted by Crippen LogP contribution is 2.36. The van der Waals surface area contributed by atoms with Gasteiger partial charge in [0.05, 0.1) is 31.7 Å². The molecular weight excluding hydrogens is 316 g/mol. The average Bonchev–Trinajstić information content (AvgIpc) is 2.56. The molecule has 0 atom stereocenters. The molecule has 0 radical (unpaired) electrons. The van der Waals surface area contributed by atoms with Gasteiger partial charge in [-0.15, -0.1) is 0 Å². The van der Waals surface area contributed by atoms with Crippen molar-refractivity contribution in [1.29, 1.82) is 5.26 Å². The molecule has 0 fully saturated rings. The summed E-state index contributed by atoms with van der Waals surface area (Å²) in [4.78, 5) is 12.3. The molecule has 1 N–H and O–H groups in total. The summed E-state index contributed by atoms with van der Waals surface area (Å²) in [6, 6.07) is 12.2. The summed E-state index contributed by atoms with van der Waals surface area (Å²) in [6.07, 6.45) is 0.333. The number of halogens is 1. The van der Waals surface area contributed by atoms with E-state index >= 15 is 0 Å². The van der Waals surface area contributed by atoms with Crippen molar-refractivity contribution in [3.63, 3.8) is 0 Å². The van der Waals surface area contributed by atoms with Gasteiger partial charge < -0.3 is 14.8 Å². The molecule has 0 aliphatic carbocycles. The number of amides is 1. The largest absolute Gasteiger partial charge is 0.493 e. The fourth-order valence-corrected chi connectivity index (χ4v) is 2.34. The molecular formula is C17H15ClN2O3. The van der Waals surface area contributed by atoms with Crippen LogP contribution in [0.15, 0.2) is 36.4 Å². The van der Waals surface area contributed by atoms with Crippen LogP contribution in [0.3, 0.4) is 0 Å². The Kier molecular flexibility index (Phi) is 5.45. The number of nitrogens with one attached hydrogen (secondary N) is 1. The summed E-state index contributed by atoms with van der Waals surface area (Å²) in [5.74, 6) is 0.446. The Hall–Kier alpha value is -2.71. The smallest absolute Gasteiger partial charge is 0.255 e. The zero-order valence-corrected chi connectivity index (χ0v) is 13.5. The Balaban J connectivity index is 2.20. The molecule has 0 aliphatic rings. The molecule has 6 heteroatoms. The van der Waals surface area contributed by atoms with Gasteiger partial charge in [0, 0.05) is 11.3 Å². The molecule has 2 aromatic carbocycles. The van der Waals surface area contributed by atoms with Crippen LogP contribution in [0.5, 0.6) is 11.5 Å². The molecule has 0 aliphatic heterocycles. The van der Waals surface area contributed by atoms with Crippen LogP contribution in [-0.2, 0) is 6.42 Å². The van der Waals surface area contributed by atoms with Gasteiger partial charge >= 0.3 is 0 Å². The van der Waals surface area contributed by atoms with Crippen molar-refractivity contribution in [2.24, 2.45) is 0 Å². The van der Waals surface area contributed by atoms with E-state index in [0.717, 1.165) is 5.56 Å². The van der Waals surface area contributed by atoms with E-state index in [0.29, 0.717) is 34.2 Å². The zero-order chi connectivity index (χ0) is 16.8. The average molecular weight is 331 g/mol. The van der Waals surface area contributed by atoms with E-state index in [1.54, 1.807) is 30.3 Å². The van der Waals surface area contributed by atoms with Crippen LogP contribution >= 0.6 is 11.6 Å². The summed E-state index contributed by atoms with van der Waals surface area (Å²) < 4.78 is 10.3. The first kappa shape index (κ1) is 16.7. The minimum atomic E-state index is -0.319. The lowest BCUT2D eigenvalue weighted by Gasteiger charge is -2.12. The molecule has 2 aromatic rings. The highest BCUT2D eigenvalue weighted by Gasteiger charge is 2.15. The Bertz CT molecular complexity index is 752. The molecule has 0 unspecified atom stereocenters. The second-order valence-corrected chi connectivity index (χ2v) is 5.09. The second-order valence-electron chi connectivity index (χ2n) is 4.68. The van der Waals surface area contributed by atoms with Crippen LogP contribution in [0, 0.1) is 11.3 Å². The Morgan fingerprint density at radius 2 is 1.91 bits per heavy atom. The van der Waals surface area contributed by atoms with Crippen LogP contribution in [0.4, 0.5) is 5.69 Å². The van der Waals surface area contributed by atoms with Gasteiger partial charge in [-0.1, -0.05) is 23.7 Å². The summed E-state index contributed by atoms with van der Waals surface area (Å²) in [6.45, 7) is 0. The highest BCUT2D eigenvalue weighted by molar-refractivity contribution is 6.32. The zero-order valence-electron chi connectivity index (χ0n) is 12.7. The minimum Gasteiger partial charge on any atom is -0.493 e. The third kappa shape index (κ3) is 3.93. The van der Waals surface area contributed by atoms with E-state index in [4.69, 9.17) is 26.3 Å². The predicted octanol–water partition coefficient (Wildman–Crippen LogP) is 3.68. The van der Waals surface area contributed by atoms with Crippen molar-refractivity contribution in [1.82, 2.24) is 0 Å². The molecule has 5 nitrogen and oxygen atoms in total. The van der Waals surface area contributed by atoms with Gasteiger partial charge in [0.15, 0.2) is 11.5 Å². The van der Waals surface area contributed by atoms with Crippen LogP contribution in [0.2, 0.25) is 5.02 Å². The number of benzene rings is 2. The number of methoxy groups -OCH3 is 2. The molecule has 23 heavy (non-hydrogen) atoms. The van der Waals surface area contributed by atoms with Gasteiger partial charge in [0.2, 0.25) is 0 Å². The fourth-order valence-electron chi connectivity index (χ4n) is 2.05. The number of nitriles is 1. The van der Waals surface area contributed by atoms with E-state index in [-0.39, 0.29) is 5.91 Å². The Morgan fingerprint density at radius 3 is 2.48 bits per heavy atom. The number of carbonyl (C=O) groups is 1. The number of ether oxygens (including phenoxy) is 2. The third-order valence-corrected chi connectivity index (χ3v) is 3.47. The maximum Gasteiger partial charge on any atom is 0.255 e. The number of hydrogen-bond acceptors (Lipinski definition) is 4. The van der Waals surface area contributed by atoms with Gasteiger partial charge in [0.1, 0.15) is 0 Å². The standard InChI is InChI=1S/C17H15ClN2O3/c1-22-15-10-12(9-14(18)16(15)23-2)17(21)20-13-5-3-11(4-6-13)7-8-19/h3-6,9-10H,7H2,1-2H3,(H,20,21). The molecule has 2 rings (SSSR count). The van der Waals surface area contributed by atoms with Crippen molar-refractivity contribution in [3.05, 3.63) is 52.5 Å². The molecule has 0 aromatic heterocycles. The van der Waals surface area contributed by atoms with Gasteiger partial charge in [-0.05, 0) is 29.8 Å². The molecule has 1 amide bonds. The van der Waals surface area contributed by atoms with Crippen LogP contribution in [0.25, 0.3) is 0 Å². The first-order chi connectivity index (χ1) is 11.1. The van der Waals surface area contributed by atoms with Crippen molar-refractivity contribution >= 4 is 23.2 Å². The SMILES string of the molecule is COc1cc(C(=O)Nc2ccc(CC#N)cc2)cc(Cl)c1OC. The number of hydrogen-bond donors (Lipinski definition) is 1. The van der Waals surface area contributed by atoms with Crippen molar-refractivity contribution in [2.75, 3.05) is 19.5 Å². The van der Waals surface area contributed by atoms with Crippen molar-refractivity contribution < 1.29 is 14.3 Å². The lowest BCUT2D eigenvalue weighted by molar-refractivity contribution is 0.102. The van der Waals surface area contributed by atoms with E-state index in [1.165, 1.54) is 20.3 Å². The summed E-state index contributed by atoms with van der Waals surface area (Å²) >= 11 is 6.10. The Labute approximate surface area is 139 Å². The maximum absolute atomic E-state index is 12.3. The normalized spacial score (nSPS) is 9.83. The van der Waals surface area contributed by atoms with E-state index in [1.807, 2.05) is 0 Å². The first-order valence-corrected chi connectivity index (χ1v) is 7.15. The van der Waals surface area contributed by atoms with Crippen LogP contribution in [0.1, 0.15) is 15.9 Å². The Morgan fingerprint density at radius 1 is 1.22 bits per heavy atom. The minimum absolute atomic E-state index is 0.293. The number of anilines is 1. The summed E-state index contributed by atoms with van der Waals surface area (Å²) in [7, 11) is 2.95. The van der Waals surface area contributed by atoms with Crippen molar-refractivity contribution in [3.8, 4) is 17.6 Å². The van der Waals surface area contributed by atoms with E-state index in [9.17, 15) is 4.79 Å². The molecule has 0 heterocycles. The summed E-state index contributed by atoms with van der Waals surface area (Å²) in [5.41, 5.74) is 1.87. The number of nitrogens with zero attached hydrogens (tertiary/aromatic N) is 1. The lowest BCUT2D eigenvalue weighted by Crippen LogP contribution is -2.12. The number of carbonyl (C=O) groups excluding carboxylic acids is 1. The number of rotatable bonds is 5. The maximum atomic E-state index is 12.3. The molecule has 118 valence electrons. The van der Waals surface area contributed by atoms with Crippen LogP contribution in [-0.4, -0.2) is 20.1 Å². The quantitative estimate of drug-likeness (QED) is 0.907. The third-order valence-electron chi connectivity index (χ3n) is 3.19. The molecule has 0 saturated carbocycles. The van der Waals surface area contributed by atoms with E-state index < -0.39 is 0 Å². The fraction of sp³-hybridized carbons (Fsp3) is 0.176. The summed E-state index contributed by atoms with van der Waals surface area (Å²) in [5, 5.41) is 11.7. The van der Waals surface area contributed by atoms with Gasteiger partial charge in [-0.2, -0.15) is 5.26 Å². The highest BCUT2D eigenvalue weighted by atomic mass is 35.5. The lowest BCUT2D eigenvalue weighted by atomic mass is 10.1. The second kappa shape index (κ2) is 7.52. The first-order valence-electron chi connectivity index (χ1n) is 6.77. The predicted molar refractivity (Wildman–Crippen MR) is 88.3 cm³/mol. The topological polar surface area (TPSA) is 71.3 Å². The molecule has 0 spiro atoms. The van der Waals surface area contributed by atoms with Gasteiger partial charge in [0.25, 0.3) is 5.91 Å². The molecule has 0 bridgehead atoms. The monoisotopic (exact) mass is 330 g/mol. The van der Waals surface area contributed by atoms with Gasteiger partial charge in [-0.3, -0.25) is 4.79 Å². The van der Waals surface area contributed by atoms with E-state index in [2.05, 4.69) is 11.4 Å². The van der Waals surface area contributed by atoms with Crippen molar-refractivity contribution in [2.45, 2.75) is 6.42 Å². The van der Waals surface area contributed by atoms with Gasteiger partial charge in [-0.25, -0.2) is 0 Å². The van der Waals surface area contributed by atoms with Crippen LogP contribution < -0.4 is 14.8 Å².